The summed E-state index contributed by atoms with van der Waals surface area (Å²) in [4.78, 5) is 33.6. The summed E-state index contributed by atoms with van der Waals surface area (Å²) in [5.74, 6) is 1.46. The molecule has 15 nitrogen and oxygen atoms in total. The third kappa shape index (κ3) is 15.1. The summed E-state index contributed by atoms with van der Waals surface area (Å²) in [6, 6.07) is 38.6. The summed E-state index contributed by atoms with van der Waals surface area (Å²) in [6.07, 6.45) is 0. The zero-order valence-corrected chi connectivity index (χ0v) is 42.0. The van der Waals surface area contributed by atoms with Crippen LogP contribution >= 0.6 is 39.1 Å². The Morgan fingerprint density at radius 1 is 0.588 bits per heavy atom. The van der Waals surface area contributed by atoms with E-state index in [-0.39, 0.29) is 35.0 Å². The molecule has 1 fully saturated rings. The number of halogens is 3. The first-order chi connectivity index (χ1) is 32.4. The van der Waals surface area contributed by atoms with Crippen LogP contribution < -0.4 is 22.1 Å². The molecule has 5 aromatic heterocycles. The van der Waals surface area contributed by atoms with E-state index in [0.29, 0.717) is 34.8 Å². The Balaban J connectivity index is 0.000000166. The molecule has 0 atom stereocenters. The summed E-state index contributed by atoms with van der Waals surface area (Å²) in [5.41, 5.74) is 6.26. The van der Waals surface area contributed by atoms with E-state index in [4.69, 9.17) is 41.6 Å². The van der Waals surface area contributed by atoms with E-state index < -0.39 is 0 Å². The standard InChI is InChI=1S/C16H15N3O2.C11H18BNO3.C11H9ClN2O.C7H7Br.C4H3ClN2O/c1-11-16(12(2)21-18-11)14-8-9-15(20)19(17-14)10-13-6-4-3-5-7-13;1-7-9(8(2)14-13-7)12-15-10(3,4)11(5,6)16-12;12-10-6-7-11(15)14(13-10)8-9-4-2-1-3-5-9;8-6-7-4-2-1-3-5-7;5-3-1-2-4(8)7-6-3/h3-9H,10H2,1-2H3;1-6H3;1-7H,8H2;1-5H,6H2;1-2H,(H,7,8). The molecule has 6 heterocycles. The number of nitrogens with one attached hydrogen (secondary N) is 1. The molecule has 19 heteroatoms. The first kappa shape index (κ1) is 52.7. The van der Waals surface area contributed by atoms with Crippen molar-refractivity contribution >= 4 is 51.7 Å². The Morgan fingerprint density at radius 3 is 1.49 bits per heavy atom. The van der Waals surface area contributed by atoms with Crippen LogP contribution in [0.15, 0.2) is 151 Å². The highest BCUT2D eigenvalue weighted by molar-refractivity contribution is 9.08. The van der Waals surface area contributed by atoms with Crippen LogP contribution in [-0.2, 0) is 27.7 Å². The molecule has 1 N–H and O–H groups in total. The highest BCUT2D eigenvalue weighted by Gasteiger charge is 2.53. The fraction of sp³-hybridized carbons (Fsp3) is 0.265. The Morgan fingerprint density at radius 2 is 1.06 bits per heavy atom. The van der Waals surface area contributed by atoms with Crippen molar-refractivity contribution in [3.8, 4) is 11.3 Å². The first-order valence-corrected chi connectivity index (χ1v) is 23.2. The van der Waals surface area contributed by atoms with Gasteiger partial charge in [-0.1, -0.05) is 140 Å². The number of aromatic nitrogens is 8. The van der Waals surface area contributed by atoms with Gasteiger partial charge in [0.25, 0.3) is 16.7 Å². The van der Waals surface area contributed by atoms with Crippen molar-refractivity contribution in [3.63, 3.8) is 0 Å². The minimum atomic E-state index is -0.378. The third-order valence-corrected chi connectivity index (χ3v) is 11.6. The quantitative estimate of drug-likeness (QED) is 0.118. The molecule has 354 valence electrons. The molecule has 0 amide bonds. The van der Waals surface area contributed by atoms with Gasteiger partial charge in [-0.2, -0.15) is 15.3 Å². The van der Waals surface area contributed by atoms with Crippen LogP contribution in [0, 0.1) is 27.7 Å². The van der Waals surface area contributed by atoms with Gasteiger partial charge in [0, 0.05) is 29.0 Å². The molecule has 1 aliphatic rings. The Bertz CT molecular complexity index is 2940. The number of H-pyrrole nitrogens is 1. The molecule has 0 unspecified atom stereocenters. The lowest BCUT2D eigenvalue weighted by molar-refractivity contribution is 0.00578. The van der Waals surface area contributed by atoms with Crippen molar-refractivity contribution in [2.75, 3.05) is 0 Å². The van der Waals surface area contributed by atoms with Crippen molar-refractivity contribution in [1.82, 2.24) is 40.1 Å². The fourth-order valence-electron chi connectivity index (χ4n) is 6.28. The maximum atomic E-state index is 12.0. The lowest BCUT2D eigenvalue weighted by Gasteiger charge is -2.32. The molecule has 3 aromatic carbocycles. The van der Waals surface area contributed by atoms with Gasteiger partial charge in [0.05, 0.1) is 46.9 Å². The second kappa shape index (κ2) is 24.7. The molecule has 1 aliphatic heterocycles. The molecular weight excluding hydrogens is 974 g/mol. The minimum Gasteiger partial charge on any atom is -0.399 e. The molecule has 0 radical (unpaired) electrons. The van der Waals surface area contributed by atoms with Crippen LogP contribution in [0.3, 0.4) is 0 Å². The SMILES string of the molecule is BrCc1ccccc1.Cc1noc(C)c1-c1ccc(=O)n(Cc2ccccc2)n1.Cc1noc(C)c1B1OC(C)(C)C(C)(C)O1.O=c1ccc(Cl)n[nH]1.O=c1ccc(Cl)nn1Cc1ccccc1. The summed E-state index contributed by atoms with van der Waals surface area (Å²) in [5, 5.41) is 23.4. The average molecular weight is 1030 g/mol. The molecule has 68 heavy (non-hydrogen) atoms. The van der Waals surface area contributed by atoms with Crippen LogP contribution in [-0.4, -0.2) is 58.4 Å². The molecule has 0 spiro atoms. The molecular formula is C49H52BBrCl2N8O7. The van der Waals surface area contributed by atoms with Crippen molar-refractivity contribution in [2.45, 2.75) is 85.0 Å². The molecule has 0 aliphatic carbocycles. The van der Waals surface area contributed by atoms with Crippen molar-refractivity contribution < 1.29 is 18.4 Å². The monoisotopic (exact) mass is 1020 g/mol. The Labute approximate surface area is 412 Å². The number of aromatic amines is 1. The number of alkyl halides is 1. The summed E-state index contributed by atoms with van der Waals surface area (Å²) < 4.78 is 25.0. The number of hydrogen-bond donors (Lipinski definition) is 1. The molecule has 8 aromatic rings. The molecule has 0 bridgehead atoms. The number of hydrogen-bond acceptors (Lipinski definition) is 12. The second-order valence-corrected chi connectivity index (χ2v) is 17.6. The van der Waals surface area contributed by atoms with Crippen molar-refractivity contribution in [3.05, 3.63) is 208 Å². The Hall–Kier alpha value is -6.24. The third-order valence-electron chi connectivity index (χ3n) is 10.6. The zero-order valence-electron chi connectivity index (χ0n) is 38.9. The van der Waals surface area contributed by atoms with Crippen LogP contribution in [0.25, 0.3) is 11.3 Å². The highest BCUT2D eigenvalue weighted by atomic mass is 79.9. The van der Waals surface area contributed by atoms with E-state index in [1.54, 1.807) is 6.07 Å². The van der Waals surface area contributed by atoms with Crippen LogP contribution in [0.4, 0.5) is 0 Å². The largest absolute Gasteiger partial charge is 0.500 e. The topological polar surface area (TPSA) is 186 Å². The summed E-state index contributed by atoms with van der Waals surface area (Å²) >= 11 is 14.4. The molecule has 0 saturated carbocycles. The van der Waals surface area contributed by atoms with Crippen molar-refractivity contribution in [2.24, 2.45) is 0 Å². The highest BCUT2D eigenvalue weighted by Crippen LogP contribution is 2.37. The normalized spacial score (nSPS) is 13.1. The number of aryl methyl sites for hydroxylation is 4. The van der Waals surface area contributed by atoms with Gasteiger partial charge in [0.1, 0.15) is 21.8 Å². The smallest absolute Gasteiger partial charge is 0.399 e. The predicted molar refractivity (Wildman–Crippen MR) is 269 cm³/mol. The predicted octanol–water partition coefficient (Wildman–Crippen LogP) is 9.10. The van der Waals surface area contributed by atoms with Crippen LogP contribution in [0.5, 0.6) is 0 Å². The average Bonchev–Trinajstić information content (AvgIpc) is 3.92. The van der Waals surface area contributed by atoms with E-state index >= 15 is 0 Å². The lowest BCUT2D eigenvalue weighted by Crippen LogP contribution is -2.41. The van der Waals surface area contributed by atoms with Gasteiger partial charge in [-0.25, -0.2) is 14.5 Å². The van der Waals surface area contributed by atoms with Crippen LogP contribution in [0.2, 0.25) is 10.3 Å². The van der Waals surface area contributed by atoms with E-state index in [1.165, 1.54) is 45.3 Å². The number of rotatable bonds is 7. The Kier molecular flexibility index (Phi) is 19.1. The summed E-state index contributed by atoms with van der Waals surface area (Å²) in [7, 11) is -0.378. The molecule has 9 rings (SSSR count). The summed E-state index contributed by atoms with van der Waals surface area (Å²) in [6.45, 7) is 16.5. The zero-order chi connectivity index (χ0) is 49.4. The van der Waals surface area contributed by atoms with E-state index in [9.17, 15) is 14.4 Å². The van der Waals surface area contributed by atoms with Gasteiger partial charge in [0.15, 0.2) is 0 Å². The van der Waals surface area contributed by atoms with Crippen LogP contribution in [0.1, 0.15) is 67.3 Å². The van der Waals surface area contributed by atoms with Gasteiger partial charge in [0.2, 0.25) is 0 Å². The second-order valence-electron chi connectivity index (χ2n) is 16.2. The fourth-order valence-corrected chi connectivity index (χ4v) is 6.91. The van der Waals surface area contributed by atoms with Gasteiger partial charge in [-0.3, -0.25) is 14.4 Å². The maximum Gasteiger partial charge on any atom is 0.500 e. The number of nitrogens with zero attached hydrogens (tertiary/aromatic N) is 7. The van der Waals surface area contributed by atoms with Gasteiger partial charge >= 0.3 is 7.12 Å². The van der Waals surface area contributed by atoms with Gasteiger partial charge in [-0.05, 0) is 90.3 Å². The van der Waals surface area contributed by atoms with E-state index in [0.717, 1.165) is 44.6 Å². The van der Waals surface area contributed by atoms with E-state index in [1.807, 2.05) is 134 Å². The van der Waals surface area contributed by atoms with Crippen molar-refractivity contribution in [1.29, 1.82) is 0 Å². The van der Waals surface area contributed by atoms with E-state index in [2.05, 4.69) is 58.8 Å². The maximum absolute atomic E-state index is 12.0. The minimum absolute atomic E-state index is 0.130. The van der Waals surface area contributed by atoms with Gasteiger partial charge < -0.3 is 18.4 Å². The molecule has 1 saturated heterocycles. The van der Waals surface area contributed by atoms with Gasteiger partial charge in [-0.15, -0.1) is 0 Å². The first-order valence-electron chi connectivity index (χ1n) is 21.3. The number of benzene rings is 3. The lowest BCUT2D eigenvalue weighted by atomic mass is 9.77.